The molecule has 1 atom stereocenters. The number of carbonyl (C=O) groups excluding carboxylic acids is 1. The molecule has 1 aliphatic carbocycles. The van der Waals surface area contributed by atoms with Crippen molar-refractivity contribution in [1.82, 2.24) is 24.6 Å². The minimum Gasteiger partial charge on any atom is -0.378 e. The van der Waals surface area contributed by atoms with Crippen molar-refractivity contribution in [2.75, 3.05) is 44.3 Å². The van der Waals surface area contributed by atoms with Gasteiger partial charge in [-0.3, -0.25) is 19.3 Å². The lowest BCUT2D eigenvalue weighted by atomic mass is 9.76. The van der Waals surface area contributed by atoms with E-state index in [0.29, 0.717) is 32.3 Å². The molecule has 9 nitrogen and oxygen atoms in total. The summed E-state index contributed by atoms with van der Waals surface area (Å²) in [7, 11) is 0. The highest BCUT2D eigenvalue weighted by molar-refractivity contribution is 5.80. The fourth-order valence-corrected chi connectivity index (χ4v) is 5.23. The van der Waals surface area contributed by atoms with E-state index in [4.69, 9.17) is 9.72 Å². The molecule has 1 spiro atoms. The Morgan fingerprint density at radius 1 is 1.19 bits per heavy atom. The van der Waals surface area contributed by atoms with Gasteiger partial charge in [-0.25, -0.2) is 4.98 Å². The van der Waals surface area contributed by atoms with Crippen LogP contribution in [0.4, 0.5) is 5.95 Å². The SMILES string of the molecule is Cc1cnn(C(C)C(=O)N2CCC3(CCc4c3nc(N3CCOCC3)[nH]c4=O)CC2)c1. The molecule has 4 heterocycles. The van der Waals surface area contributed by atoms with Crippen LogP contribution in [-0.2, 0) is 21.4 Å². The van der Waals surface area contributed by atoms with Crippen LogP contribution >= 0.6 is 0 Å². The number of amides is 1. The maximum atomic E-state index is 13.0. The lowest BCUT2D eigenvalue weighted by molar-refractivity contribution is -0.136. The zero-order valence-corrected chi connectivity index (χ0v) is 18.3. The molecule has 0 radical (unpaired) electrons. The molecule has 2 aromatic rings. The smallest absolute Gasteiger partial charge is 0.255 e. The molecular formula is C22H30N6O3. The lowest BCUT2D eigenvalue weighted by Crippen LogP contribution is -2.47. The number of hydrogen-bond donors (Lipinski definition) is 1. The van der Waals surface area contributed by atoms with Gasteiger partial charge >= 0.3 is 0 Å². The Hall–Kier alpha value is -2.68. The number of rotatable bonds is 3. The van der Waals surface area contributed by atoms with Crippen LogP contribution in [-0.4, -0.2) is 69.9 Å². The second kappa shape index (κ2) is 7.78. The molecule has 5 rings (SSSR count). The van der Waals surface area contributed by atoms with Crippen molar-refractivity contribution in [2.24, 2.45) is 0 Å². The summed E-state index contributed by atoms with van der Waals surface area (Å²) in [5.41, 5.74) is 2.72. The summed E-state index contributed by atoms with van der Waals surface area (Å²) in [6.07, 6.45) is 7.06. The topological polar surface area (TPSA) is 96.3 Å². The van der Waals surface area contributed by atoms with Gasteiger partial charge in [-0.15, -0.1) is 0 Å². The summed E-state index contributed by atoms with van der Waals surface area (Å²) in [6, 6.07) is -0.312. The predicted molar refractivity (Wildman–Crippen MR) is 115 cm³/mol. The molecule has 1 N–H and O–H groups in total. The maximum absolute atomic E-state index is 13.0. The van der Waals surface area contributed by atoms with Crippen LogP contribution in [0.2, 0.25) is 0 Å². The molecule has 2 saturated heterocycles. The fourth-order valence-electron chi connectivity index (χ4n) is 5.23. The molecule has 9 heteroatoms. The minimum absolute atomic E-state index is 0.00968. The molecule has 2 aliphatic heterocycles. The standard InChI is InChI=1S/C22H30N6O3/c1-15-13-23-28(14-15)16(2)20(30)26-7-5-22(6-8-26)4-3-17-18(22)24-21(25-19(17)29)27-9-11-31-12-10-27/h13-14,16H,3-12H2,1-2H3,(H,24,25,29). The second-order valence-corrected chi connectivity index (χ2v) is 9.10. The molecule has 1 amide bonds. The van der Waals surface area contributed by atoms with Crippen LogP contribution in [0.1, 0.15) is 49.0 Å². The number of aryl methyl sites for hydroxylation is 1. The number of piperidine rings is 1. The van der Waals surface area contributed by atoms with E-state index in [1.54, 1.807) is 10.9 Å². The van der Waals surface area contributed by atoms with Crippen molar-refractivity contribution in [3.63, 3.8) is 0 Å². The molecule has 2 aromatic heterocycles. The third-order valence-electron chi connectivity index (χ3n) is 7.19. The summed E-state index contributed by atoms with van der Waals surface area (Å²) in [5, 5.41) is 4.30. The Labute approximate surface area is 181 Å². The van der Waals surface area contributed by atoms with E-state index in [1.165, 1.54) is 0 Å². The Balaban J connectivity index is 1.34. The normalized spacial score (nSPS) is 21.4. The first-order valence-electron chi connectivity index (χ1n) is 11.2. The van der Waals surface area contributed by atoms with Crippen LogP contribution in [0.25, 0.3) is 0 Å². The second-order valence-electron chi connectivity index (χ2n) is 9.10. The van der Waals surface area contributed by atoms with Crippen LogP contribution in [0.3, 0.4) is 0 Å². The number of aromatic amines is 1. The van der Waals surface area contributed by atoms with Gasteiger partial charge in [-0.05, 0) is 45.1 Å². The predicted octanol–water partition coefficient (Wildman–Crippen LogP) is 1.18. The molecular weight excluding hydrogens is 396 g/mol. The number of ether oxygens (including phenoxy) is 1. The third kappa shape index (κ3) is 3.54. The number of nitrogens with one attached hydrogen (secondary N) is 1. The molecule has 166 valence electrons. The number of aromatic nitrogens is 4. The van der Waals surface area contributed by atoms with E-state index in [-0.39, 0.29) is 22.9 Å². The van der Waals surface area contributed by atoms with Crippen molar-refractivity contribution in [1.29, 1.82) is 0 Å². The summed E-state index contributed by atoms with van der Waals surface area (Å²) in [4.78, 5) is 37.8. The van der Waals surface area contributed by atoms with E-state index in [0.717, 1.165) is 55.6 Å². The van der Waals surface area contributed by atoms with Gasteiger partial charge in [0.2, 0.25) is 11.9 Å². The third-order valence-corrected chi connectivity index (χ3v) is 7.19. The van der Waals surface area contributed by atoms with Gasteiger partial charge < -0.3 is 14.5 Å². The number of anilines is 1. The van der Waals surface area contributed by atoms with Crippen molar-refractivity contribution in [2.45, 2.75) is 51.0 Å². The van der Waals surface area contributed by atoms with Crippen LogP contribution in [0.5, 0.6) is 0 Å². The van der Waals surface area contributed by atoms with Crippen molar-refractivity contribution >= 4 is 11.9 Å². The highest BCUT2D eigenvalue weighted by atomic mass is 16.5. The average molecular weight is 427 g/mol. The van der Waals surface area contributed by atoms with E-state index < -0.39 is 0 Å². The number of fused-ring (bicyclic) bond motifs is 2. The Morgan fingerprint density at radius 3 is 2.61 bits per heavy atom. The van der Waals surface area contributed by atoms with Gasteiger partial charge in [0, 0.05) is 43.4 Å². The van der Waals surface area contributed by atoms with Gasteiger partial charge in [0.05, 0.1) is 25.1 Å². The molecule has 3 aliphatic rings. The first-order chi connectivity index (χ1) is 15.0. The molecule has 2 fully saturated rings. The van der Waals surface area contributed by atoms with Crippen molar-refractivity contribution in [3.05, 3.63) is 39.6 Å². The molecule has 0 aromatic carbocycles. The van der Waals surface area contributed by atoms with Gasteiger partial charge in [0.25, 0.3) is 5.56 Å². The number of nitrogens with zero attached hydrogens (tertiary/aromatic N) is 5. The monoisotopic (exact) mass is 426 g/mol. The largest absolute Gasteiger partial charge is 0.378 e. The quantitative estimate of drug-likeness (QED) is 0.792. The van der Waals surface area contributed by atoms with Crippen LogP contribution < -0.4 is 10.5 Å². The Kier molecular flexibility index (Phi) is 5.08. The van der Waals surface area contributed by atoms with Gasteiger partial charge in [-0.1, -0.05) is 0 Å². The van der Waals surface area contributed by atoms with Gasteiger partial charge in [0.1, 0.15) is 6.04 Å². The van der Waals surface area contributed by atoms with Crippen molar-refractivity contribution < 1.29 is 9.53 Å². The first kappa shape index (κ1) is 20.2. The highest BCUT2D eigenvalue weighted by Gasteiger charge is 2.45. The fraction of sp³-hybridized carbons (Fsp3) is 0.636. The van der Waals surface area contributed by atoms with Crippen LogP contribution in [0, 0.1) is 6.92 Å². The summed E-state index contributed by atoms with van der Waals surface area (Å²) >= 11 is 0. The number of carbonyl (C=O) groups is 1. The highest BCUT2D eigenvalue weighted by Crippen LogP contribution is 2.44. The molecule has 0 saturated carbocycles. The Bertz CT molecular complexity index is 1030. The lowest BCUT2D eigenvalue weighted by Gasteiger charge is -2.40. The summed E-state index contributed by atoms with van der Waals surface area (Å²) < 4.78 is 7.17. The minimum atomic E-state index is -0.312. The average Bonchev–Trinajstić information content (AvgIpc) is 3.38. The number of likely N-dealkylation sites (tertiary alicyclic amines) is 1. The van der Waals surface area contributed by atoms with Gasteiger partial charge in [0.15, 0.2) is 0 Å². The zero-order valence-electron chi connectivity index (χ0n) is 18.3. The van der Waals surface area contributed by atoms with Gasteiger partial charge in [-0.2, -0.15) is 5.10 Å². The van der Waals surface area contributed by atoms with E-state index in [1.807, 2.05) is 24.9 Å². The number of H-pyrrole nitrogens is 1. The number of hydrogen-bond acceptors (Lipinski definition) is 6. The van der Waals surface area contributed by atoms with Crippen LogP contribution in [0.15, 0.2) is 17.2 Å². The molecule has 31 heavy (non-hydrogen) atoms. The zero-order chi connectivity index (χ0) is 21.6. The van der Waals surface area contributed by atoms with E-state index in [2.05, 4.69) is 15.0 Å². The summed E-state index contributed by atoms with van der Waals surface area (Å²) in [5.74, 6) is 0.763. The van der Waals surface area contributed by atoms with Crippen molar-refractivity contribution in [3.8, 4) is 0 Å². The summed E-state index contributed by atoms with van der Waals surface area (Å²) in [6.45, 7) is 8.02. The van der Waals surface area contributed by atoms with E-state index >= 15 is 0 Å². The Morgan fingerprint density at radius 2 is 1.94 bits per heavy atom. The molecule has 1 unspecified atom stereocenters. The maximum Gasteiger partial charge on any atom is 0.255 e. The number of morpholine rings is 1. The molecule has 0 bridgehead atoms. The first-order valence-corrected chi connectivity index (χ1v) is 11.2. The van der Waals surface area contributed by atoms with E-state index in [9.17, 15) is 9.59 Å².